The second kappa shape index (κ2) is 5.81. The van der Waals surface area contributed by atoms with E-state index in [1.807, 2.05) is 12.1 Å². The van der Waals surface area contributed by atoms with Gasteiger partial charge in [0.2, 0.25) is 0 Å². The predicted molar refractivity (Wildman–Crippen MR) is 80.3 cm³/mol. The highest BCUT2D eigenvalue weighted by molar-refractivity contribution is 9.10. The highest BCUT2D eigenvalue weighted by Crippen LogP contribution is 2.42. The van der Waals surface area contributed by atoms with E-state index in [1.165, 1.54) is 19.3 Å². The molecule has 0 bridgehead atoms. The van der Waals surface area contributed by atoms with Gasteiger partial charge in [0.15, 0.2) is 0 Å². The number of aromatic hydroxyl groups is 1. The Kier molecular flexibility index (Phi) is 4.10. The quantitative estimate of drug-likeness (QED) is 0.893. The van der Waals surface area contributed by atoms with E-state index in [9.17, 15) is 5.11 Å². The van der Waals surface area contributed by atoms with Crippen LogP contribution in [-0.2, 0) is 0 Å². The number of hydrogen-bond acceptors (Lipinski definition) is 3. The van der Waals surface area contributed by atoms with Gasteiger partial charge < -0.3 is 10.4 Å². The van der Waals surface area contributed by atoms with Gasteiger partial charge in [-0.25, -0.2) is 0 Å². The van der Waals surface area contributed by atoms with E-state index in [-0.39, 0.29) is 0 Å². The van der Waals surface area contributed by atoms with Crippen LogP contribution in [0.1, 0.15) is 30.9 Å². The molecule has 19 heavy (non-hydrogen) atoms. The van der Waals surface area contributed by atoms with Crippen LogP contribution in [0.2, 0.25) is 0 Å². The van der Waals surface area contributed by atoms with E-state index >= 15 is 0 Å². The molecule has 1 aromatic rings. The lowest BCUT2D eigenvalue weighted by molar-refractivity contribution is 0.158. The summed E-state index contributed by atoms with van der Waals surface area (Å²) in [5.74, 6) is 1.29. The Labute approximate surface area is 123 Å². The molecule has 0 amide bonds. The molecule has 104 valence electrons. The molecule has 0 radical (unpaired) electrons. The molecular formula is C15H21BrN2O. The third-order valence-corrected chi connectivity index (χ3v) is 4.69. The molecule has 3 nitrogen and oxygen atoms in total. The van der Waals surface area contributed by atoms with Gasteiger partial charge in [-0.2, -0.15) is 0 Å². The predicted octanol–water partition coefficient (Wildman–Crippen LogP) is 2.90. The summed E-state index contributed by atoms with van der Waals surface area (Å²) in [6.07, 6.45) is 3.91. The van der Waals surface area contributed by atoms with E-state index in [2.05, 4.69) is 32.2 Å². The van der Waals surface area contributed by atoms with Gasteiger partial charge in [0.05, 0.1) is 0 Å². The van der Waals surface area contributed by atoms with Gasteiger partial charge in [-0.1, -0.05) is 34.8 Å². The molecule has 1 aliphatic heterocycles. The van der Waals surface area contributed by atoms with Crippen molar-refractivity contribution in [2.24, 2.45) is 5.92 Å². The number of benzene rings is 1. The van der Waals surface area contributed by atoms with Crippen molar-refractivity contribution >= 4 is 15.9 Å². The van der Waals surface area contributed by atoms with Gasteiger partial charge >= 0.3 is 0 Å². The zero-order chi connectivity index (χ0) is 13.2. The molecule has 2 N–H and O–H groups in total. The van der Waals surface area contributed by atoms with Crippen molar-refractivity contribution in [3.63, 3.8) is 0 Å². The minimum atomic E-state index is 0.377. The summed E-state index contributed by atoms with van der Waals surface area (Å²) >= 11 is 3.42. The average Bonchev–Trinajstić information content (AvgIpc) is 3.22. The van der Waals surface area contributed by atoms with Crippen molar-refractivity contribution in [2.75, 3.05) is 26.2 Å². The van der Waals surface area contributed by atoms with Crippen LogP contribution < -0.4 is 5.32 Å². The second-order valence-electron chi connectivity index (χ2n) is 5.68. The van der Waals surface area contributed by atoms with E-state index < -0.39 is 0 Å². The number of rotatable bonds is 4. The zero-order valence-corrected chi connectivity index (χ0v) is 12.7. The summed E-state index contributed by atoms with van der Waals surface area (Å²) < 4.78 is 0.944. The van der Waals surface area contributed by atoms with Crippen molar-refractivity contribution in [1.29, 1.82) is 0 Å². The Morgan fingerprint density at radius 1 is 1.32 bits per heavy atom. The standard InChI is InChI=1S/C15H21BrN2O/c16-12-3-4-13(15(19)10-12)14(9-11-1-2-11)18-7-5-17-6-8-18/h3-4,10-11,14,17,19H,1-2,5-9H2/t14-/m1/s1. The molecule has 3 rings (SSSR count). The molecule has 1 aliphatic carbocycles. The Morgan fingerprint density at radius 2 is 2.05 bits per heavy atom. The average molecular weight is 325 g/mol. The fourth-order valence-corrected chi connectivity index (χ4v) is 3.28. The molecule has 2 aliphatic rings. The lowest BCUT2D eigenvalue weighted by Crippen LogP contribution is -2.45. The van der Waals surface area contributed by atoms with Crippen LogP contribution in [-0.4, -0.2) is 36.2 Å². The van der Waals surface area contributed by atoms with Gasteiger partial charge in [-0.15, -0.1) is 0 Å². The van der Waals surface area contributed by atoms with Crippen molar-refractivity contribution in [3.8, 4) is 5.75 Å². The van der Waals surface area contributed by atoms with Crippen LogP contribution >= 0.6 is 15.9 Å². The van der Waals surface area contributed by atoms with Gasteiger partial charge in [-0.05, 0) is 24.5 Å². The smallest absolute Gasteiger partial charge is 0.121 e. The van der Waals surface area contributed by atoms with Gasteiger partial charge in [0.1, 0.15) is 5.75 Å². The van der Waals surface area contributed by atoms with Crippen LogP contribution in [0.15, 0.2) is 22.7 Å². The highest BCUT2D eigenvalue weighted by Gasteiger charge is 2.31. The molecule has 0 unspecified atom stereocenters. The van der Waals surface area contributed by atoms with Crippen LogP contribution in [0, 0.1) is 5.92 Å². The summed E-state index contributed by atoms with van der Waals surface area (Å²) in [5, 5.41) is 13.7. The SMILES string of the molecule is Oc1cc(Br)ccc1[C@@H](CC1CC1)N1CCNCC1. The molecule has 1 saturated heterocycles. The number of piperazine rings is 1. The summed E-state index contributed by atoms with van der Waals surface area (Å²) in [5.41, 5.74) is 1.09. The molecule has 2 fully saturated rings. The summed E-state index contributed by atoms with van der Waals surface area (Å²) in [6, 6.07) is 6.31. The molecular weight excluding hydrogens is 304 g/mol. The first-order valence-electron chi connectivity index (χ1n) is 7.17. The Bertz CT molecular complexity index is 442. The fraction of sp³-hybridized carbons (Fsp3) is 0.600. The van der Waals surface area contributed by atoms with E-state index in [0.29, 0.717) is 11.8 Å². The maximum Gasteiger partial charge on any atom is 0.121 e. The number of phenolic OH excluding ortho intramolecular Hbond substituents is 1. The molecule has 1 heterocycles. The fourth-order valence-electron chi connectivity index (χ4n) is 2.93. The minimum Gasteiger partial charge on any atom is -0.508 e. The second-order valence-corrected chi connectivity index (χ2v) is 6.60. The molecule has 1 atom stereocenters. The monoisotopic (exact) mass is 324 g/mol. The van der Waals surface area contributed by atoms with Gasteiger partial charge in [0.25, 0.3) is 0 Å². The first kappa shape index (κ1) is 13.4. The topological polar surface area (TPSA) is 35.5 Å². The number of phenols is 1. The van der Waals surface area contributed by atoms with E-state index in [0.717, 1.165) is 42.1 Å². The largest absolute Gasteiger partial charge is 0.508 e. The molecule has 1 saturated carbocycles. The van der Waals surface area contributed by atoms with E-state index in [4.69, 9.17) is 0 Å². The molecule has 0 spiro atoms. The van der Waals surface area contributed by atoms with Crippen molar-refractivity contribution < 1.29 is 5.11 Å². The maximum absolute atomic E-state index is 10.3. The maximum atomic E-state index is 10.3. The first-order valence-corrected chi connectivity index (χ1v) is 7.96. The van der Waals surface area contributed by atoms with Crippen molar-refractivity contribution in [3.05, 3.63) is 28.2 Å². The summed E-state index contributed by atoms with van der Waals surface area (Å²) in [6.45, 7) is 4.26. The van der Waals surface area contributed by atoms with Crippen molar-refractivity contribution in [2.45, 2.75) is 25.3 Å². The minimum absolute atomic E-state index is 0.377. The number of hydrogen-bond donors (Lipinski definition) is 2. The zero-order valence-electron chi connectivity index (χ0n) is 11.1. The van der Waals surface area contributed by atoms with Crippen LogP contribution in [0.25, 0.3) is 0 Å². The summed E-state index contributed by atoms with van der Waals surface area (Å²) in [4.78, 5) is 2.53. The van der Waals surface area contributed by atoms with Crippen LogP contribution in [0.3, 0.4) is 0 Å². The lowest BCUT2D eigenvalue weighted by atomic mass is 9.98. The van der Waals surface area contributed by atoms with E-state index in [1.54, 1.807) is 0 Å². The first-order chi connectivity index (χ1) is 9.24. The Morgan fingerprint density at radius 3 is 2.68 bits per heavy atom. The molecule has 4 heteroatoms. The lowest BCUT2D eigenvalue weighted by Gasteiger charge is -2.35. The number of nitrogens with one attached hydrogen (secondary N) is 1. The van der Waals surface area contributed by atoms with Gasteiger partial charge in [-0.3, -0.25) is 4.90 Å². The Balaban J connectivity index is 1.83. The normalized spacial score (nSPS) is 22.4. The number of nitrogens with zero attached hydrogens (tertiary/aromatic N) is 1. The summed E-state index contributed by atoms with van der Waals surface area (Å²) in [7, 11) is 0. The third-order valence-electron chi connectivity index (χ3n) is 4.20. The van der Waals surface area contributed by atoms with Crippen molar-refractivity contribution in [1.82, 2.24) is 10.2 Å². The number of halogens is 1. The van der Waals surface area contributed by atoms with Crippen LogP contribution in [0.4, 0.5) is 0 Å². The van der Waals surface area contributed by atoms with Gasteiger partial charge in [0, 0.05) is 42.3 Å². The van der Waals surface area contributed by atoms with Crippen LogP contribution in [0.5, 0.6) is 5.75 Å². The highest BCUT2D eigenvalue weighted by atomic mass is 79.9. The molecule has 1 aromatic carbocycles. The third kappa shape index (κ3) is 3.30. The Hall–Kier alpha value is -0.580. The molecule has 0 aromatic heterocycles.